The van der Waals surface area contributed by atoms with Gasteiger partial charge in [0.2, 0.25) is 5.91 Å². The number of hydrogen-bond acceptors (Lipinski definition) is 2. The average Bonchev–Trinajstić information content (AvgIpc) is 2.55. The molecule has 0 radical (unpaired) electrons. The quantitative estimate of drug-likeness (QED) is 0.899. The molecule has 0 saturated carbocycles. The van der Waals surface area contributed by atoms with Gasteiger partial charge in [0.25, 0.3) is 0 Å². The van der Waals surface area contributed by atoms with Crippen LogP contribution in [0.15, 0.2) is 73.0 Å². The summed E-state index contributed by atoms with van der Waals surface area (Å²) >= 11 is 6.12. The van der Waals surface area contributed by atoms with Crippen LogP contribution < -0.4 is 10.2 Å². The molecule has 24 heavy (non-hydrogen) atoms. The second-order valence-electron chi connectivity index (χ2n) is 5.50. The standard InChI is InChI=1S/C19H16ClFN2O/c1-14(24)22-19(15-7-9-17(21)10-8-15)11-2-3-12-23(19)18-6-4-5-16(20)13-18/h2-13H,1H3,(H,22,24). The number of nitrogens with one attached hydrogen (secondary N) is 1. The van der Waals surface area contributed by atoms with E-state index in [0.717, 1.165) is 11.3 Å². The molecule has 0 aromatic heterocycles. The Morgan fingerprint density at radius 2 is 1.92 bits per heavy atom. The van der Waals surface area contributed by atoms with Crippen molar-refractivity contribution < 1.29 is 9.18 Å². The van der Waals surface area contributed by atoms with Crippen LogP contribution in [0.3, 0.4) is 0 Å². The van der Waals surface area contributed by atoms with E-state index in [0.29, 0.717) is 5.02 Å². The minimum atomic E-state index is -0.959. The lowest BCUT2D eigenvalue weighted by atomic mass is 9.94. The van der Waals surface area contributed by atoms with E-state index in [1.54, 1.807) is 18.2 Å². The number of anilines is 1. The monoisotopic (exact) mass is 342 g/mol. The highest BCUT2D eigenvalue weighted by Gasteiger charge is 2.37. The van der Waals surface area contributed by atoms with Crippen molar-refractivity contribution in [3.63, 3.8) is 0 Å². The lowest BCUT2D eigenvalue weighted by Crippen LogP contribution is -2.55. The molecule has 1 unspecified atom stereocenters. The molecule has 1 aliphatic rings. The molecule has 0 spiro atoms. The van der Waals surface area contributed by atoms with Gasteiger partial charge >= 0.3 is 0 Å². The molecule has 1 heterocycles. The van der Waals surface area contributed by atoms with Gasteiger partial charge < -0.3 is 10.2 Å². The van der Waals surface area contributed by atoms with Crippen molar-refractivity contribution in [1.82, 2.24) is 5.32 Å². The highest BCUT2D eigenvalue weighted by molar-refractivity contribution is 6.30. The number of nitrogens with zero attached hydrogens (tertiary/aromatic N) is 1. The summed E-state index contributed by atoms with van der Waals surface area (Å²) in [7, 11) is 0. The van der Waals surface area contributed by atoms with Gasteiger partial charge in [0.05, 0.1) is 0 Å². The summed E-state index contributed by atoms with van der Waals surface area (Å²) in [6.07, 6.45) is 7.43. The van der Waals surface area contributed by atoms with Gasteiger partial charge in [-0.3, -0.25) is 4.79 Å². The first kappa shape index (κ1) is 16.3. The lowest BCUT2D eigenvalue weighted by Gasteiger charge is -2.43. The number of amides is 1. The third-order valence-corrected chi connectivity index (χ3v) is 4.04. The number of benzene rings is 2. The van der Waals surface area contributed by atoms with Crippen molar-refractivity contribution in [3.8, 4) is 0 Å². The van der Waals surface area contributed by atoms with Gasteiger partial charge in [-0.25, -0.2) is 4.39 Å². The summed E-state index contributed by atoms with van der Waals surface area (Å²) in [6.45, 7) is 1.45. The third kappa shape index (κ3) is 3.05. The predicted octanol–water partition coefficient (Wildman–Crippen LogP) is 4.36. The Hall–Kier alpha value is -2.59. The molecule has 122 valence electrons. The van der Waals surface area contributed by atoms with Crippen molar-refractivity contribution in [2.45, 2.75) is 12.6 Å². The van der Waals surface area contributed by atoms with Crippen LogP contribution in [0.1, 0.15) is 12.5 Å². The molecule has 0 aliphatic carbocycles. The number of carbonyl (C=O) groups excluding carboxylic acids is 1. The first-order valence-corrected chi connectivity index (χ1v) is 7.85. The Morgan fingerprint density at radius 3 is 2.58 bits per heavy atom. The number of allylic oxidation sites excluding steroid dienone is 2. The Kier molecular flexibility index (Phi) is 4.40. The molecule has 0 bridgehead atoms. The van der Waals surface area contributed by atoms with Gasteiger partial charge in [-0.1, -0.05) is 35.9 Å². The molecule has 1 amide bonds. The summed E-state index contributed by atoms with van der Waals surface area (Å²) in [6, 6.07) is 13.4. The predicted molar refractivity (Wildman–Crippen MR) is 94.1 cm³/mol. The molecular formula is C19H16ClFN2O. The fourth-order valence-corrected chi connectivity index (χ4v) is 3.01. The highest BCUT2D eigenvalue weighted by Crippen LogP contribution is 2.36. The van der Waals surface area contributed by atoms with Crippen molar-refractivity contribution >= 4 is 23.2 Å². The van der Waals surface area contributed by atoms with Crippen LogP contribution in [0.4, 0.5) is 10.1 Å². The van der Waals surface area contributed by atoms with Gasteiger partial charge in [-0.2, -0.15) is 0 Å². The van der Waals surface area contributed by atoms with Gasteiger partial charge in [-0.05, 0) is 42.5 Å². The van der Waals surface area contributed by atoms with E-state index in [4.69, 9.17) is 11.6 Å². The fourth-order valence-electron chi connectivity index (χ4n) is 2.83. The minimum absolute atomic E-state index is 0.202. The van der Waals surface area contributed by atoms with E-state index in [2.05, 4.69) is 5.32 Å². The maximum Gasteiger partial charge on any atom is 0.219 e. The number of hydrogen-bond donors (Lipinski definition) is 1. The molecule has 2 aromatic carbocycles. The van der Waals surface area contributed by atoms with Crippen LogP contribution in [0.25, 0.3) is 0 Å². The zero-order chi connectivity index (χ0) is 17.2. The smallest absolute Gasteiger partial charge is 0.219 e. The van der Waals surface area contributed by atoms with Crippen molar-refractivity contribution in [1.29, 1.82) is 0 Å². The fraction of sp³-hybridized carbons (Fsp3) is 0.105. The second kappa shape index (κ2) is 6.49. The number of halogens is 2. The van der Waals surface area contributed by atoms with Crippen molar-refractivity contribution in [2.24, 2.45) is 0 Å². The van der Waals surface area contributed by atoms with Crippen LogP contribution in [-0.4, -0.2) is 5.91 Å². The summed E-state index contributed by atoms with van der Waals surface area (Å²) in [5.74, 6) is -0.535. The van der Waals surface area contributed by atoms with E-state index in [1.807, 2.05) is 47.5 Å². The molecule has 1 aliphatic heterocycles. The van der Waals surface area contributed by atoms with Gasteiger partial charge in [-0.15, -0.1) is 0 Å². The first-order valence-electron chi connectivity index (χ1n) is 7.47. The second-order valence-corrected chi connectivity index (χ2v) is 5.94. The van der Waals surface area contributed by atoms with Gasteiger partial charge in [0, 0.05) is 29.4 Å². The summed E-state index contributed by atoms with van der Waals surface area (Å²) in [5.41, 5.74) is 0.583. The molecule has 3 nitrogen and oxygen atoms in total. The van der Waals surface area contributed by atoms with Crippen LogP contribution in [0.2, 0.25) is 5.02 Å². The Bertz CT molecular complexity index is 816. The van der Waals surface area contributed by atoms with Gasteiger partial charge in [0.1, 0.15) is 5.82 Å². The maximum absolute atomic E-state index is 13.4. The molecule has 2 aromatic rings. The zero-order valence-electron chi connectivity index (χ0n) is 13.0. The van der Waals surface area contributed by atoms with Crippen LogP contribution in [0.5, 0.6) is 0 Å². The highest BCUT2D eigenvalue weighted by atomic mass is 35.5. The molecule has 1 atom stereocenters. The topological polar surface area (TPSA) is 32.3 Å². The van der Waals surface area contributed by atoms with Crippen LogP contribution >= 0.6 is 11.6 Å². The molecular weight excluding hydrogens is 327 g/mol. The van der Waals surface area contributed by atoms with E-state index in [1.165, 1.54) is 19.1 Å². The Balaban J connectivity index is 2.17. The SMILES string of the molecule is CC(=O)NC1(c2ccc(F)cc2)C=CC=CN1c1cccc(Cl)c1. The summed E-state index contributed by atoms with van der Waals surface area (Å²) < 4.78 is 13.4. The van der Waals surface area contributed by atoms with Crippen molar-refractivity contribution in [2.75, 3.05) is 4.90 Å². The normalized spacial score (nSPS) is 19.4. The average molecular weight is 343 g/mol. The van der Waals surface area contributed by atoms with E-state index >= 15 is 0 Å². The van der Waals surface area contributed by atoms with E-state index < -0.39 is 5.66 Å². The van der Waals surface area contributed by atoms with Crippen LogP contribution in [-0.2, 0) is 10.5 Å². The largest absolute Gasteiger partial charge is 0.326 e. The summed E-state index contributed by atoms with van der Waals surface area (Å²) in [4.78, 5) is 13.8. The maximum atomic E-state index is 13.4. The molecule has 1 N–H and O–H groups in total. The number of rotatable bonds is 3. The van der Waals surface area contributed by atoms with E-state index in [-0.39, 0.29) is 11.7 Å². The van der Waals surface area contributed by atoms with Crippen LogP contribution in [0, 0.1) is 5.82 Å². The molecule has 0 saturated heterocycles. The first-order chi connectivity index (χ1) is 11.5. The van der Waals surface area contributed by atoms with E-state index in [9.17, 15) is 9.18 Å². The molecule has 5 heteroatoms. The molecule has 3 rings (SSSR count). The summed E-state index contributed by atoms with van der Waals surface area (Å²) in [5, 5.41) is 3.57. The van der Waals surface area contributed by atoms with Gasteiger partial charge in [0.15, 0.2) is 5.66 Å². The minimum Gasteiger partial charge on any atom is -0.326 e. The van der Waals surface area contributed by atoms with Crippen molar-refractivity contribution in [3.05, 3.63) is 89.4 Å². The zero-order valence-corrected chi connectivity index (χ0v) is 13.8. The number of carbonyl (C=O) groups is 1. The lowest BCUT2D eigenvalue weighted by molar-refractivity contribution is -0.120. The molecule has 0 fully saturated rings. The third-order valence-electron chi connectivity index (χ3n) is 3.80. The Morgan fingerprint density at radius 1 is 1.17 bits per heavy atom. The Labute approximate surface area is 145 Å².